The van der Waals surface area contributed by atoms with Gasteiger partial charge in [-0.2, -0.15) is 4.98 Å². The van der Waals surface area contributed by atoms with Crippen LogP contribution in [0.5, 0.6) is 0 Å². The molecule has 0 aliphatic heterocycles. The second-order valence-corrected chi connectivity index (χ2v) is 7.51. The summed E-state index contributed by atoms with van der Waals surface area (Å²) in [6.45, 7) is 3.38. The molecular formula is C25H25N5O3. The number of nitrogens with one attached hydrogen (secondary N) is 2. The number of anilines is 1. The molecule has 0 spiro atoms. The second kappa shape index (κ2) is 10.1. The highest BCUT2D eigenvalue weighted by molar-refractivity contribution is 5.94. The van der Waals surface area contributed by atoms with E-state index in [2.05, 4.69) is 20.6 Å². The quantitative estimate of drug-likeness (QED) is 0.406. The number of rotatable bonds is 8. The maximum absolute atomic E-state index is 12.8. The highest BCUT2D eigenvalue weighted by Gasteiger charge is 2.13. The van der Waals surface area contributed by atoms with Gasteiger partial charge in [-0.05, 0) is 42.8 Å². The number of aromatic nitrogens is 3. The maximum atomic E-state index is 12.8. The van der Waals surface area contributed by atoms with E-state index in [1.807, 2.05) is 37.3 Å². The summed E-state index contributed by atoms with van der Waals surface area (Å²) in [5.74, 6) is 0.242. The number of nitrogens with zero attached hydrogens (tertiary/aromatic N) is 3. The van der Waals surface area contributed by atoms with Crippen molar-refractivity contribution in [1.82, 2.24) is 19.9 Å². The minimum atomic E-state index is -0.218. The van der Waals surface area contributed by atoms with E-state index in [1.165, 1.54) is 10.6 Å². The Morgan fingerprint density at radius 3 is 2.48 bits per heavy atom. The van der Waals surface area contributed by atoms with E-state index in [1.54, 1.807) is 37.4 Å². The maximum Gasteiger partial charge on any atom is 0.256 e. The Morgan fingerprint density at radius 2 is 1.76 bits per heavy atom. The summed E-state index contributed by atoms with van der Waals surface area (Å²) in [6, 6.07) is 19.8. The van der Waals surface area contributed by atoms with Gasteiger partial charge < -0.3 is 15.4 Å². The molecule has 0 bridgehead atoms. The van der Waals surface area contributed by atoms with Gasteiger partial charge in [0.15, 0.2) is 5.65 Å². The Balaban J connectivity index is 1.62. The molecule has 0 fully saturated rings. The Labute approximate surface area is 191 Å². The molecule has 4 rings (SSSR count). The van der Waals surface area contributed by atoms with Crippen LogP contribution in [-0.4, -0.2) is 40.7 Å². The highest BCUT2D eigenvalue weighted by Crippen LogP contribution is 2.19. The molecule has 0 unspecified atom stereocenters. The van der Waals surface area contributed by atoms with Crippen LogP contribution in [0.4, 0.5) is 5.95 Å². The Kier molecular flexibility index (Phi) is 6.75. The van der Waals surface area contributed by atoms with E-state index in [0.29, 0.717) is 42.5 Å². The lowest BCUT2D eigenvalue weighted by Crippen LogP contribution is -2.23. The molecule has 8 heteroatoms. The summed E-state index contributed by atoms with van der Waals surface area (Å²) in [5.41, 5.74) is 3.18. The van der Waals surface area contributed by atoms with Crippen molar-refractivity contribution in [1.29, 1.82) is 0 Å². The number of fused-ring (bicyclic) bond motifs is 1. The normalized spacial score (nSPS) is 10.8. The number of aryl methyl sites for hydroxylation is 1. The van der Waals surface area contributed by atoms with Crippen LogP contribution in [-0.2, 0) is 11.3 Å². The smallest absolute Gasteiger partial charge is 0.256 e. The van der Waals surface area contributed by atoms with Crippen LogP contribution in [0.3, 0.4) is 0 Å². The van der Waals surface area contributed by atoms with Crippen LogP contribution < -0.4 is 16.2 Å². The largest absolute Gasteiger partial charge is 0.383 e. The molecule has 0 atom stereocenters. The molecule has 0 radical (unpaired) electrons. The number of benzene rings is 2. The first kappa shape index (κ1) is 22.2. The van der Waals surface area contributed by atoms with Crippen molar-refractivity contribution in [3.63, 3.8) is 0 Å². The van der Waals surface area contributed by atoms with Gasteiger partial charge in [0.1, 0.15) is 0 Å². The van der Waals surface area contributed by atoms with Crippen LogP contribution in [0.15, 0.2) is 71.5 Å². The number of amides is 1. The predicted octanol–water partition coefficient (Wildman–Crippen LogP) is 3.08. The fraction of sp³-hybridized carbons (Fsp3) is 0.200. The molecule has 2 aromatic carbocycles. The van der Waals surface area contributed by atoms with Crippen molar-refractivity contribution in [3.8, 4) is 5.69 Å². The summed E-state index contributed by atoms with van der Waals surface area (Å²) in [6.07, 6.45) is 0. The van der Waals surface area contributed by atoms with E-state index in [4.69, 9.17) is 4.74 Å². The van der Waals surface area contributed by atoms with E-state index >= 15 is 0 Å². The molecule has 2 N–H and O–H groups in total. The average molecular weight is 444 g/mol. The second-order valence-electron chi connectivity index (χ2n) is 7.51. The minimum absolute atomic E-state index is 0.182. The Bertz CT molecular complexity index is 1320. The van der Waals surface area contributed by atoms with Crippen molar-refractivity contribution >= 4 is 22.9 Å². The molecule has 0 saturated carbocycles. The number of carbonyl (C=O) groups excluding carboxylic acids is 1. The molecular weight excluding hydrogens is 418 g/mol. The van der Waals surface area contributed by atoms with Crippen molar-refractivity contribution in [2.75, 3.05) is 25.6 Å². The predicted molar refractivity (Wildman–Crippen MR) is 128 cm³/mol. The summed E-state index contributed by atoms with van der Waals surface area (Å²) in [4.78, 5) is 34.4. The van der Waals surface area contributed by atoms with Crippen LogP contribution >= 0.6 is 0 Å². The third-order valence-electron chi connectivity index (χ3n) is 5.21. The fourth-order valence-corrected chi connectivity index (χ4v) is 3.50. The SMILES string of the molecule is COCCNc1nc(C)c2ccc(=O)n(-c3ccc(C(=O)NCc4ccccc4)cc3)c2n1. The third-order valence-corrected chi connectivity index (χ3v) is 5.21. The summed E-state index contributed by atoms with van der Waals surface area (Å²) in [7, 11) is 1.62. The number of methoxy groups -OCH3 is 1. The van der Waals surface area contributed by atoms with E-state index < -0.39 is 0 Å². The van der Waals surface area contributed by atoms with E-state index in [0.717, 1.165) is 16.6 Å². The number of hydrogen-bond acceptors (Lipinski definition) is 6. The van der Waals surface area contributed by atoms with E-state index in [-0.39, 0.29) is 11.5 Å². The Hall–Kier alpha value is -4.04. The lowest BCUT2D eigenvalue weighted by molar-refractivity contribution is 0.0951. The monoisotopic (exact) mass is 443 g/mol. The molecule has 0 aliphatic rings. The van der Waals surface area contributed by atoms with Crippen molar-refractivity contribution in [2.24, 2.45) is 0 Å². The van der Waals surface area contributed by atoms with Gasteiger partial charge in [0.2, 0.25) is 5.95 Å². The summed E-state index contributed by atoms with van der Waals surface area (Å²) in [5, 5.41) is 6.80. The number of carbonyl (C=O) groups is 1. The standard InChI is InChI=1S/C25H25N5O3/c1-17-21-12-13-22(31)30(23(21)29-25(28-17)26-14-15-33-2)20-10-8-19(9-11-20)24(32)27-16-18-6-4-3-5-7-18/h3-13H,14-16H2,1-2H3,(H,27,32)(H,26,28,29). The van der Waals surface area contributed by atoms with Crippen LogP contribution in [0.2, 0.25) is 0 Å². The molecule has 168 valence electrons. The zero-order valence-electron chi connectivity index (χ0n) is 18.5. The molecule has 8 nitrogen and oxygen atoms in total. The molecule has 2 heterocycles. The first-order valence-electron chi connectivity index (χ1n) is 10.6. The van der Waals surface area contributed by atoms with Crippen molar-refractivity contribution in [3.05, 3.63) is 93.9 Å². The Morgan fingerprint density at radius 1 is 1.00 bits per heavy atom. The number of ether oxygens (including phenoxy) is 1. The molecule has 1 amide bonds. The zero-order valence-corrected chi connectivity index (χ0v) is 18.5. The van der Waals surface area contributed by atoms with Gasteiger partial charge in [0.05, 0.1) is 18.0 Å². The molecule has 0 aliphatic carbocycles. The van der Waals surface area contributed by atoms with Gasteiger partial charge in [-0.15, -0.1) is 0 Å². The first-order chi connectivity index (χ1) is 16.1. The highest BCUT2D eigenvalue weighted by atomic mass is 16.5. The zero-order chi connectivity index (χ0) is 23.2. The van der Waals surface area contributed by atoms with Gasteiger partial charge in [-0.1, -0.05) is 30.3 Å². The van der Waals surface area contributed by atoms with Crippen molar-refractivity contribution in [2.45, 2.75) is 13.5 Å². The molecule has 0 saturated heterocycles. The third kappa shape index (κ3) is 5.07. The van der Waals surface area contributed by atoms with Gasteiger partial charge in [0.25, 0.3) is 11.5 Å². The van der Waals surface area contributed by atoms with Crippen LogP contribution in [0.1, 0.15) is 21.6 Å². The average Bonchev–Trinajstić information content (AvgIpc) is 2.83. The lowest BCUT2D eigenvalue weighted by atomic mass is 10.1. The van der Waals surface area contributed by atoms with Crippen LogP contribution in [0.25, 0.3) is 16.7 Å². The molecule has 2 aromatic heterocycles. The minimum Gasteiger partial charge on any atom is -0.383 e. The van der Waals surface area contributed by atoms with Crippen LogP contribution in [0, 0.1) is 6.92 Å². The topological polar surface area (TPSA) is 98.1 Å². The first-order valence-corrected chi connectivity index (χ1v) is 10.6. The van der Waals surface area contributed by atoms with E-state index in [9.17, 15) is 9.59 Å². The van der Waals surface area contributed by atoms with Gasteiger partial charge in [0, 0.05) is 37.2 Å². The lowest BCUT2D eigenvalue weighted by Gasteiger charge is -2.13. The number of hydrogen-bond donors (Lipinski definition) is 2. The summed E-state index contributed by atoms with van der Waals surface area (Å²) < 4.78 is 6.59. The number of pyridine rings is 1. The molecule has 33 heavy (non-hydrogen) atoms. The van der Waals surface area contributed by atoms with Gasteiger partial charge >= 0.3 is 0 Å². The van der Waals surface area contributed by atoms with Crippen molar-refractivity contribution < 1.29 is 9.53 Å². The molecule has 4 aromatic rings. The van der Waals surface area contributed by atoms with Gasteiger partial charge in [-0.25, -0.2) is 4.98 Å². The summed E-state index contributed by atoms with van der Waals surface area (Å²) >= 11 is 0. The van der Waals surface area contributed by atoms with Gasteiger partial charge in [-0.3, -0.25) is 14.2 Å². The fourth-order valence-electron chi connectivity index (χ4n) is 3.50.